The maximum absolute atomic E-state index is 4.90. The quantitative estimate of drug-likeness (QED) is 0.206. The summed E-state index contributed by atoms with van der Waals surface area (Å²) in [5.74, 6) is 0. The molecule has 0 saturated heterocycles. The SMILES string of the molecule is Cc1c2c3cc4ccccc4cc3c3nccc4c5ccccc5c(c2c43)n1C. The Kier molecular flexibility index (Phi) is 2.66. The minimum absolute atomic E-state index is 1.11. The zero-order chi connectivity index (χ0) is 19.3. The fourth-order valence-electron chi connectivity index (χ4n) is 5.40. The molecule has 0 bridgehead atoms. The Balaban J connectivity index is 1.95. The molecular formula is C27H18N2. The van der Waals surface area contributed by atoms with E-state index in [1.54, 1.807) is 0 Å². The number of nitrogens with zero attached hydrogens (tertiary/aromatic N) is 2. The van der Waals surface area contributed by atoms with E-state index in [0.717, 1.165) is 5.52 Å². The fourth-order valence-corrected chi connectivity index (χ4v) is 5.40. The molecule has 0 radical (unpaired) electrons. The van der Waals surface area contributed by atoms with Crippen LogP contribution in [0, 0.1) is 6.92 Å². The van der Waals surface area contributed by atoms with Crippen LogP contribution < -0.4 is 0 Å². The lowest BCUT2D eigenvalue weighted by Gasteiger charge is -2.14. The van der Waals surface area contributed by atoms with Crippen molar-refractivity contribution in [3.8, 4) is 0 Å². The molecule has 2 heterocycles. The van der Waals surface area contributed by atoms with Gasteiger partial charge in [0.15, 0.2) is 0 Å². The van der Waals surface area contributed by atoms with Crippen LogP contribution in [-0.4, -0.2) is 9.55 Å². The molecule has 0 fully saturated rings. The lowest BCUT2D eigenvalue weighted by molar-refractivity contribution is 0.928. The van der Waals surface area contributed by atoms with Crippen LogP contribution in [0.5, 0.6) is 0 Å². The van der Waals surface area contributed by atoms with Crippen LogP contribution in [0.1, 0.15) is 5.69 Å². The van der Waals surface area contributed by atoms with E-state index in [9.17, 15) is 0 Å². The van der Waals surface area contributed by atoms with E-state index in [1.165, 1.54) is 65.1 Å². The van der Waals surface area contributed by atoms with Crippen molar-refractivity contribution < 1.29 is 0 Å². The number of pyridine rings is 1. The molecule has 7 rings (SSSR count). The monoisotopic (exact) mass is 370 g/mol. The van der Waals surface area contributed by atoms with Gasteiger partial charge < -0.3 is 4.57 Å². The Labute approximate surface area is 167 Å². The lowest BCUT2D eigenvalue weighted by atomic mass is 9.90. The maximum atomic E-state index is 4.90. The molecule has 0 spiro atoms. The normalized spacial score (nSPS) is 12.5. The van der Waals surface area contributed by atoms with Gasteiger partial charge in [-0.2, -0.15) is 0 Å². The van der Waals surface area contributed by atoms with Gasteiger partial charge in [0.2, 0.25) is 0 Å². The Morgan fingerprint density at radius 3 is 2.14 bits per heavy atom. The number of aromatic nitrogens is 2. The highest BCUT2D eigenvalue weighted by molar-refractivity contribution is 6.40. The number of rotatable bonds is 0. The summed E-state index contributed by atoms with van der Waals surface area (Å²) in [4.78, 5) is 4.90. The third-order valence-corrected chi connectivity index (χ3v) is 6.77. The average molecular weight is 370 g/mol. The Bertz CT molecular complexity index is 1770. The molecule has 0 saturated carbocycles. The van der Waals surface area contributed by atoms with Gasteiger partial charge in [0, 0.05) is 45.9 Å². The molecule has 2 nitrogen and oxygen atoms in total. The van der Waals surface area contributed by atoms with Crippen LogP contribution in [0.2, 0.25) is 0 Å². The number of hydrogen-bond donors (Lipinski definition) is 0. The summed E-state index contributed by atoms with van der Waals surface area (Å²) in [7, 11) is 2.20. The van der Waals surface area contributed by atoms with Crippen LogP contribution in [0.15, 0.2) is 72.9 Å². The van der Waals surface area contributed by atoms with Crippen molar-refractivity contribution in [1.29, 1.82) is 0 Å². The van der Waals surface area contributed by atoms with Crippen LogP contribution in [0.25, 0.3) is 64.9 Å². The van der Waals surface area contributed by atoms with Crippen molar-refractivity contribution in [2.75, 3.05) is 0 Å². The minimum Gasteiger partial charge on any atom is -0.347 e. The van der Waals surface area contributed by atoms with E-state index in [-0.39, 0.29) is 0 Å². The molecule has 7 aromatic rings. The first-order valence-electron chi connectivity index (χ1n) is 10.1. The number of hydrogen-bond acceptors (Lipinski definition) is 1. The molecule has 0 N–H and O–H groups in total. The Hall–Kier alpha value is -3.65. The van der Waals surface area contributed by atoms with Gasteiger partial charge in [-0.25, -0.2) is 0 Å². The van der Waals surface area contributed by atoms with Crippen molar-refractivity contribution >= 4 is 64.9 Å². The van der Waals surface area contributed by atoms with Gasteiger partial charge in [-0.15, -0.1) is 0 Å². The first kappa shape index (κ1) is 15.3. The molecule has 29 heavy (non-hydrogen) atoms. The lowest BCUT2D eigenvalue weighted by Crippen LogP contribution is -1.91. The highest BCUT2D eigenvalue weighted by Crippen LogP contribution is 2.46. The summed E-state index contributed by atoms with van der Waals surface area (Å²) >= 11 is 0. The van der Waals surface area contributed by atoms with Gasteiger partial charge in [-0.1, -0.05) is 48.5 Å². The number of benzene rings is 5. The molecule has 5 aromatic carbocycles. The fraction of sp³-hybridized carbons (Fsp3) is 0.0741. The maximum Gasteiger partial charge on any atom is 0.0794 e. The molecule has 2 aromatic heterocycles. The molecule has 2 heteroatoms. The zero-order valence-electron chi connectivity index (χ0n) is 16.3. The first-order valence-corrected chi connectivity index (χ1v) is 10.1. The summed E-state index contributed by atoms with van der Waals surface area (Å²) in [5, 5.41) is 13.0. The molecule has 0 aliphatic heterocycles. The second-order valence-corrected chi connectivity index (χ2v) is 8.12. The van der Waals surface area contributed by atoms with Crippen molar-refractivity contribution in [2.45, 2.75) is 6.92 Å². The van der Waals surface area contributed by atoms with Crippen molar-refractivity contribution in [1.82, 2.24) is 9.55 Å². The van der Waals surface area contributed by atoms with Crippen LogP contribution in [0.4, 0.5) is 0 Å². The predicted molar refractivity (Wildman–Crippen MR) is 124 cm³/mol. The summed E-state index contributed by atoms with van der Waals surface area (Å²) in [6.07, 6.45) is 1.97. The van der Waals surface area contributed by atoms with E-state index >= 15 is 0 Å². The zero-order valence-corrected chi connectivity index (χ0v) is 16.3. The number of fused-ring (bicyclic) bond motifs is 7. The molecule has 136 valence electrons. The Morgan fingerprint density at radius 1 is 0.655 bits per heavy atom. The van der Waals surface area contributed by atoms with E-state index in [2.05, 4.69) is 85.3 Å². The van der Waals surface area contributed by atoms with Crippen LogP contribution in [-0.2, 0) is 7.05 Å². The smallest absolute Gasteiger partial charge is 0.0794 e. The van der Waals surface area contributed by atoms with Gasteiger partial charge in [0.05, 0.1) is 11.0 Å². The van der Waals surface area contributed by atoms with Gasteiger partial charge in [-0.05, 0) is 52.1 Å². The van der Waals surface area contributed by atoms with E-state index in [0.29, 0.717) is 0 Å². The predicted octanol–water partition coefficient (Wildman–Crippen LogP) is 7.09. The molecule has 0 aliphatic rings. The van der Waals surface area contributed by atoms with Gasteiger partial charge in [0.25, 0.3) is 0 Å². The van der Waals surface area contributed by atoms with Crippen molar-refractivity contribution in [3.05, 3.63) is 78.6 Å². The molecule has 0 amide bonds. The van der Waals surface area contributed by atoms with Crippen LogP contribution >= 0.6 is 0 Å². The average Bonchev–Trinajstić information content (AvgIpc) is 3.04. The summed E-state index contributed by atoms with van der Waals surface area (Å²) in [6.45, 7) is 2.25. The summed E-state index contributed by atoms with van der Waals surface area (Å²) < 4.78 is 2.37. The van der Waals surface area contributed by atoms with Crippen molar-refractivity contribution in [2.24, 2.45) is 7.05 Å². The van der Waals surface area contributed by atoms with Gasteiger partial charge in [-0.3, -0.25) is 4.98 Å². The van der Waals surface area contributed by atoms with Gasteiger partial charge in [0.1, 0.15) is 0 Å². The van der Waals surface area contributed by atoms with E-state index in [1.807, 2.05) is 6.20 Å². The molecule has 0 atom stereocenters. The Morgan fingerprint density at radius 2 is 1.34 bits per heavy atom. The van der Waals surface area contributed by atoms with E-state index < -0.39 is 0 Å². The summed E-state index contributed by atoms with van der Waals surface area (Å²) in [5.41, 5.74) is 3.73. The first-order chi connectivity index (χ1) is 14.2. The number of aryl methyl sites for hydroxylation is 2. The molecule has 0 aliphatic carbocycles. The van der Waals surface area contributed by atoms with Crippen LogP contribution in [0.3, 0.4) is 0 Å². The highest BCUT2D eigenvalue weighted by atomic mass is 14.9. The van der Waals surface area contributed by atoms with E-state index in [4.69, 9.17) is 4.98 Å². The molecule has 0 unspecified atom stereocenters. The summed E-state index contributed by atoms with van der Waals surface area (Å²) in [6, 6.07) is 24.3. The second-order valence-electron chi connectivity index (χ2n) is 8.12. The minimum atomic E-state index is 1.11. The third-order valence-electron chi connectivity index (χ3n) is 6.77. The van der Waals surface area contributed by atoms with Gasteiger partial charge >= 0.3 is 0 Å². The second kappa shape index (κ2) is 5.03. The standard InChI is InChI=1S/C27H18N2/c1-15-23-21-13-16-7-3-4-8-17(16)14-22(21)26-24-19(11-12-28-26)18-9-5-6-10-20(18)27(25(23)24)29(15)2/h3-14H,1-2H3. The largest absolute Gasteiger partial charge is 0.347 e. The molecular weight excluding hydrogens is 352 g/mol. The third kappa shape index (κ3) is 1.71. The topological polar surface area (TPSA) is 17.8 Å². The highest BCUT2D eigenvalue weighted by Gasteiger charge is 2.22. The van der Waals surface area contributed by atoms with Crippen molar-refractivity contribution in [3.63, 3.8) is 0 Å².